The second-order valence-electron chi connectivity index (χ2n) is 18.0. The molecule has 2 heterocycles. The molecule has 2 saturated carbocycles. The van der Waals surface area contributed by atoms with E-state index >= 15 is 4.79 Å². The summed E-state index contributed by atoms with van der Waals surface area (Å²) < 4.78 is 49.3. The number of esters is 3. The number of ketones is 1. The molecule has 64 heavy (non-hydrogen) atoms. The van der Waals surface area contributed by atoms with Crippen LogP contribution >= 0.6 is 0 Å². The van der Waals surface area contributed by atoms with Crippen molar-refractivity contribution in [3.05, 3.63) is 118 Å². The Morgan fingerprint density at radius 2 is 1.53 bits per heavy atom. The van der Waals surface area contributed by atoms with E-state index in [0.717, 1.165) is 5.01 Å². The van der Waals surface area contributed by atoms with Gasteiger partial charge >= 0.3 is 17.9 Å². The molecule has 3 aromatic carbocycles. The van der Waals surface area contributed by atoms with Gasteiger partial charge in [0.05, 0.1) is 42.0 Å². The number of aliphatic hydroxyl groups is 1. The number of nitrogens with zero attached hydrogens (tertiary/aromatic N) is 2. The standard InChI is InChI=1S/C48H54N2O14/c1-26-32(61-44(54)38-36(28-15-11-9-12-16-28)50(49-56)42(62-38)29-19-21-31(57-6)22-20-29)24-48(55)41(63-43(53)30-17-13-10-14-18-30)39-46(5,40(52)37(59-8)35(26)45(48,3)4)33(58-7)23-34-47(39,25-60-34)64-27(2)51/h9-22,32-34,36-39,41-42,55H,23-25H2,1-8H3/t32-,33-,34+,36-,37-,38+,39-,41-,42?,46+,47-,48+/m0/s1. The Labute approximate surface area is 371 Å². The molecule has 12 atom stereocenters. The van der Waals surface area contributed by atoms with E-state index < -0.39 is 101 Å². The Morgan fingerprint density at radius 1 is 0.875 bits per heavy atom. The lowest BCUT2D eigenvalue weighted by molar-refractivity contribution is -0.347. The number of methoxy groups -OCH3 is 3. The van der Waals surface area contributed by atoms with Crippen molar-refractivity contribution in [3.8, 4) is 5.75 Å². The molecule has 1 unspecified atom stereocenters. The lowest BCUT2D eigenvalue weighted by atomic mass is 9.44. The van der Waals surface area contributed by atoms with E-state index in [0.29, 0.717) is 28.0 Å². The highest BCUT2D eigenvalue weighted by molar-refractivity contribution is 5.94. The zero-order valence-corrected chi connectivity index (χ0v) is 37.0. The lowest BCUT2D eigenvalue weighted by Gasteiger charge is -2.67. The summed E-state index contributed by atoms with van der Waals surface area (Å²) in [5.41, 5.74) is -4.95. The highest BCUT2D eigenvalue weighted by Gasteiger charge is 2.78. The van der Waals surface area contributed by atoms with E-state index in [1.807, 2.05) is 0 Å². The molecule has 3 aromatic rings. The van der Waals surface area contributed by atoms with E-state index in [1.54, 1.807) is 113 Å². The van der Waals surface area contributed by atoms with E-state index in [9.17, 15) is 24.4 Å². The fraction of sp³-hybridized carbons (Fsp3) is 0.500. The van der Waals surface area contributed by atoms with E-state index in [-0.39, 0.29) is 25.0 Å². The monoisotopic (exact) mass is 882 g/mol. The minimum atomic E-state index is -2.19. The Kier molecular flexibility index (Phi) is 11.8. The van der Waals surface area contributed by atoms with E-state index in [1.165, 1.54) is 28.3 Å². The van der Waals surface area contributed by atoms with Crippen LogP contribution in [0.4, 0.5) is 0 Å². The molecule has 340 valence electrons. The van der Waals surface area contributed by atoms with Crippen molar-refractivity contribution in [1.29, 1.82) is 0 Å². The lowest BCUT2D eigenvalue weighted by Crippen LogP contribution is -2.82. The third kappa shape index (κ3) is 6.84. The highest BCUT2D eigenvalue weighted by atomic mass is 16.6. The minimum Gasteiger partial charge on any atom is -0.497 e. The fourth-order valence-electron chi connectivity index (χ4n) is 11.3. The Balaban J connectivity index is 1.28. The van der Waals surface area contributed by atoms with Crippen LogP contribution in [0.5, 0.6) is 5.75 Å². The molecule has 2 aliphatic heterocycles. The van der Waals surface area contributed by atoms with Crippen LogP contribution in [0.2, 0.25) is 0 Å². The van der Waals surface area contributed by atoms with Crippen LogP contribution in [0.3, 0.4) is 0 Å². The quantitative estimate of drug-likeness (QED) is 0.105. The first-order chi connectivity index (χ1) is 30.5. The van der Waals surface area contributed by atoms with Crippen LogP contribution in [0.15, 0.2) is 101 Å². The molecule has 16 nitrogen and oxygen atoms in total. The molecule has 16 heteroatoms. The van der Waals surface area contributed by atoms with Gasteiger partial charge in [0.25, 0.3) is 0 Å². The van der Waals surface area contributed by atoms with Crippen molar-refractivity contribution < 1.29 is 62.2 Å². The first-order valence-electron chi connectivity index (χ1n) is 21.3. The molecule has 3 aliphatic carbocycles. The van der Waals surface area contributed by atoms with Crippen LogP contribution in [0.25, 0.3) is 0 Å². The van der Waals surface area contributed by atoms with Gasteiger partial charge in [0.1, 0.15) is 41.8 Å². The summed E-state index contributed by atoms with van der Waals surface area (Å²) in [6.45, 7) is 7.88. The molecular weight excluding hydrogens is 829 g/mol. The van der Waals surface area contributed by atoms with Gasteiger partial charge < -0.3 is 43.0 Å². The Hall–Kier alpha value is -5.52. The number of Topliss-reactive ketones (excluding diaryl/α,β-unsaturated/α-hetero) is 1. The van der Waals surface area contributed by atoms with Crippen molar-refractivity contribution in [1.82, 2.24) is 5.01 Å². The third-order valence-electron chi connectivity index (χ3n) is 14.6. The average Bonchev–Trinajstić information content (AvgIpc) is 3.68. The number of fused-ring (bicyclic) bond motifs is 5. The summed E-state index contributed by atoms with van der Waals surface area (Å²) >= 11 is 0. The fourth-order valence-corrected chi connectivity index (χ4v) is 11.3. The molecule has 5 aliphatic rings. The average molecular weight is 883 g/mol. The van der Waals surface area contributed by atoms with Crippen molar-refractivity contribution in [2.75, 3.05) is 27.9 Å². The summed E-state index contributed by atoms with van der Waals surface area (Å²) in [6, 6.07) is 22.7. The minimum absolute atomic E-state index is 0.131. The molecule has 0 radical (unpaired) electrons. The predicted molar refractivity (Wildman–Crippen MR) is 226 cm³/mol. The highest BCUT2D eigenvalue weighted by Crippen LogP contribution is 2.65. The zero-order chi connectivity index (χ0) is 45.9. The van der Waals surface area contributed by atoms with Crippen molar-refractivity contribution in [2.45, 2.75) is 108 Å². The number of rotatable bonds is 11. The van der Waals surface area contributed by atoms with Gasteiger partial charge in [0.15, 0.2) is 23.7 Å². The molecule has 4 fully saturated rings. The molecule has 8 rings (SSSR count). The Bertz CT molecular complexity index is 2320. The largest absolute Gasteiger partial charge is 0.497 e. The second-order valence-corrected chi connectivity index (χ2v) is 18.0. The zero-order valence-electron chi connectivity index (χ0n) is 37.0. The van der Waals surface area contributed by atoms with Gasteiger partial charge in [-0.2, -0.15) is 0 Å². The van der Waals surface area contributed by atoms with Crippen LogP contribution < -0.4 is 4.74 Å². The van der Waals surface area contributed by atoms with Crippen LogP contribution in [-0.2, 0) is 47.5 Å². The molecular formula is C48H54N2O14. The van der Waals surface area contributed by atoms with Gasteiger partial charge in [-0.15, -0.1) is 4.91 Å². The number of hydrogen-bond donors (Lipinski definition) is 1. The van der Waals surface area contributed by atoms with Crippen molar-refractivity contribution in [2.24, 2.45) is 22.0 Å². The number of hydrogen-bond acceptors (Lipinski definition) is 15. The van der Waals surface area contributed by atoms with Gasteiger partial charge in [0.2, 0.25) is 0 Å². The first-order valence-corrected chi connectivity index (χ1v) is 21.3. The number of carbonyl (C=O) groups is 4. The van der Waals surface area contributed by atoms with Crippen LogP contribution in [0.1, 0.15) is 81.2 Å². The van der Waals surface area contributed by atoms with Crippen LogP contribution in [0, 0.1) is 21.7 Å². The maximum Gasteiger partial charge on any atom is 0.338 e. The molecule has 0 spiro atoms. The van der Waals surface area contributed by atoms with E-state index in [2.05, 4.69) is 5.29 Å². The van der Waals surface area contributed by atoms with Gasteiger partial charge in [-0.1, -0.05) is 74.5 Å². The summed E-state index contributed by atoms with van der Waals surface area (Å²) in [7, 11) is 4.35. The van der Waals surface area contributed by atoms with E-state index in [4.69, 9.17) is 37.9 Å². The van der Waals surface area contributed by atoms with Gasteiger partial charge in [0, 0.05) is 45.0 Å². The van der Waals surface area contributed by atoms with Gasteiger partial charge in [-0.25, -0.2) is 14.6 Å². The Morgan fingerprint density at radius 3 is 2.09 bits per heavy atom. The summed E-state index contributed by atoms with van der Waals surface area (Å²) in [6.07, 6.45) is -8.77. The summed E-state index contributed by atoms with van der Waals surface area (Å²) in [5, 5.41) is 18.4. The SMILES string of the molecule is COc1ccc(C2O[C@@H](C(=O)O[C@H]3C[C@@]4(O)[C@@H](OC(=O)c5ccccc5)[C@@H]5[C@]6(OC(C)=O)CO[C@@H]6C[C@H](OC)[C@@]5(C)C(=O)[C@@H](OC)C(=C3C)C4(C)C)[C@H](c3ccccc3)N2N=O)cc1. The number of nitroso groups, excluding NO2 is 1. The smallest absolute Gasteiger partial charge is 0.338 e. The number of benzene rings is 3. The topological polar surface area (TPSA) is 195 Å². The predicted octanol–water partition coefficient (Wildman–Crippen LogP) is 5.77. The molecule has 2 bridgehead atoms. The van der Waals surface area contributed by atoms with Crippen molar-refractivity contribution in [3.63, 3.8) is 0 Å². The van der Waals surface area contributed by atoms with Crippen LogP contribution in [-0.4, -0.2) is 110 Å². The normalized spacial score (nSPS) is 35.1. The molecule has 0 aromatic heterocycles. The first kappa shape index (κ1) is 45.1. The number of carbonyl (C=O) groups excluding carboxylic acids is 4. The number of ether oxygens (including phenoxy) is 8. The van der Waals surface area contributed by atoms with Gasteiger partial charge in [-0.3, -0.25) is 9.59 Å². The molecule has 2 saturated heterocycles. The molecule has 1 N–H and O–H groups in total. The third-order valence-corrected chi connectivity index (χ3v) is 14.6. The maximum atomic E-state index is 15.7. The summed E-state index contributed by atoms with van der Waals surface area (Å²) in [5.74, 6) is -3.61. The maximum absolute atomic E-state index is 15.7. The molecule has 0 amide bonds. The second kappa shape index (κ2) is 16.8. The summed E-state index contributed by atoms with van der Waals surface area (Å²) in [4.78, 5) is 70.9. The van der Waals surface area contributed by atoms with Gasteiger partial charge in [-0.05, 0) is 54.8 Å². The van der Waals surface area contributed by atoms with Crippen molar-refractivity contribution >= 4 is 23.7 Å².